The number of H-pyrrole nitrogens is 1. The monoisotopic (exact) mass is 392 g/mol. The van der Waals surface area contributed by atoms with E-state index in [1.807, 2.05) is 26.0 Å². The summed E-state index contributed by atoms with van der Waals surface area (Å²) in [6, 6.07) is 11.8. The van der Waals surface area contributed by atoms with E-state index in [-0.39, 0.29) is 5.56 Å². The first-order valence-electron chi connectivity index (χ1n) is 8.84. The lowest BCUT2D eigenvalue weighted by atomic mass is 10.1. The standard InChI is InChI=1S/C21H20N4O4/c1-12-5-4-6-15(9-12)23-20(28)22-11-16-18(26)24-21(29)25(19(16)27)17-10-13(2)7-8-14(17)3/h4-11,27H,1-3H3,(H,23,28)(H,24,26,29). The van der Waals surface area contributed by atoms with Crippen LogP contribution >= 0.6 is 0 Å². The smallest absolute Gasteiger partial charge is 0.345 e. The van der Waals surface area contributed by atoms with Gasteiger partial charge in [-0.25, -0.2) is 19.1 Å². The third kappa shape index (κ3) is 4.32. The first-order valence-corrected chi connectivity index (χ1v) is 8.84. The van der Waals surface area contributed by atoms with Crippen LogP contribution in [0.2, 0.25) is 0 Å². The average Bonchev–Trinajstić information content (AvgIpc) is 2.64. The fourth-order valence-electron chi connectivity index (χ4n) is 2.84. The molecule has 1 heterocycles. The second-order valence-electron chi connectivity index (χ2n) is 6.68. The zero-order valence-electron chi connectivity index (χ0n) is 16.2. The lowest BCUT2D eigenvalue weighted by Gasteiger charge is -2.12. The number of carbonyl (C=O) groups excluding carboxylic acids is 1. The molecular weight excluding hydrogens is 372 g/mol. The Hall–Kier alpha value is -3.94. The van der Waals surface area contributed by atoms with Gasteiger partial charge in [0.2, 0.25) is 5.88 Å². The van der Waals surface area contributed by atoms with Gasteiger partial charge >= 0.3 is 11.7 Å². The minimum atomic E-state index is -0.846. The molecule has 0 unspecified atom stereocenters. The van der Waals surface area contributed by atoms with E-state index in [0.29, 0.717) is 11.4 Å². The normalized spacial score (nSPS) is 11.0. The summed E-state index contributed by atoms with van der Waals surface area (Å²) >= 11 is 0. The van der Waals surface area contributed by atoms with Gasteiger partial charge in [0, 0.05) is 5.69 Å². The summed E-state index contributed by atoms with van der Waals surface area (Å²) in [6.45, 7) is 5.50. The van der Waals surface area contributed by atoms with Gasteiger partial charge in [-0.1, -0.05) is 24.3 Å². The molecule has 2 aromatic carbocycles. The molecule has 0 fully saturated rings. The summed E-state index contributed by atoms with van der Waals surface area (Å²) in [6.07, 6.45) is 0.931. The summed E-state index contributed by atoms with van der Waals surface area (Å²) in [4.78, 5) is 42.4. The molecule has 29 heavy (non-hydrogen) atoms. The predicted molar refractivity (Wildman–Crippen MR) is 112 cm³/mol. The Bertz CT molecular complexity index is 1240. The van der Waals surface area contributed by atoms with E-state index >= 15 is 0 Å². The van der Waals surface area contributed by atoms with Crippen molar-refractivity contribution in [1.29, 1.82) is 0 Å². The van der Waals surface area contributed by atoms with E-state index in [2.05, 4.69) is 15.3 Å². The van der Waals surface area contributed by atoms with Crippen LogP contribution < -0.4 is 16.6 Å². The number of nitrogens with one attached hydrogen (secondary N) is 2. The van der Waals surface area contributed by atoms with E-state index < -0.39 is 23.2 Å². The molecule has 8 heteroatoms. The minimum Gasteiger partial charge on any atom is -0.493 e. The topological polar surface area (TPSA) is 117 Å². The minimum absolute atomic E-state index is 0.301. The lowest BCUT2D eigenvalue weighted by Crippen LogP contribution is -2.31. The average molecular weight is 392 g/mol. The third-order valence-electron chi connectivity index (χ3n) is 4.31. The molecule has 2 amide bonds. The maximum Gasteiger partial charge on any atom is 0.345 e. The maximum absolute atomic E-state index is 12.3. The second kappa shape index (κ2) is 7.97. The number of anilines is 1. The molecule has 3 N–H and O–H groups in total. The molecule has 0 saturated heterocycles. The highest BCUT2D eigenvalue weighted by molar-refractivity contribution is 5.98. The number of rotatable bonds is 3. The molecule has 3 rings (SSSR count). The molecule has 0 bridgehead atoms. The van der Waals surface area contributed by atoms with E-state index in [1.54, 1.807) is 37.3 Å². The van der Waals surface area contributed by atoms with Crippen molar-refractivity contribution >= 4 is 17.9 Å². The van der Waals surface area contributed by atoms with Crippen LogP contribution in [0.5, 0.6) is 5.88 Å². The number of urea groups is 1. The van der Waals surface area contributed by atoms with Crippen molar-refractivity contribution in [3.8, 4) is 11.6 Å². The van der Waals surface area contributed by atoms with Gasteiger partial charge in [-0.15, -0.1) is 0 Å². The number of aryl methyl sites for hydroxylation is 3. The van der Waals surface area contributed by atoms with Gasteiger partial charge in [0.05, 0.1) is 11.9 Å². The van der Waals surface area contributed by atoms with Gasteiger partial charge in [-0.05, 0) is 55.7 Å². The highest BCUT2D eigenvalue weighted by Gasteiger charge is 2.16. The van der Waals surface area contributed by atoms with Crippen molar-refractivity contribution in [2.75, 3.05) is 5.32 Å². The Morgan fingerprint density at radius 3 is 2.55 bits per heavy atom. The number of aliphatic imine (C=N–C) groups is 1. The van der Waals surface area contributed by atoms with Gasteiger partial charge in [0.15, 0.2) is 0 Å². The van der Waals surface area contributed by atoms with Gasteiger partial charge in [0.25, 0.3) is 5.56 Å². The zero-order chi connectivity index (χ0) is 21.1. The number of aromatic nitrogens is 2. The van der Waals surface area contributed by atoms with Crippen LogP contribution in [0.1, 0.15) is 22.3 Å². The molecule has 148 valence electrons. The molecule has 3 aromatic rings. The quantitative estimate of drug-likeness (QED) is 0.594. The molecular formula is C21H20N4O4. The molecule has 0 radical (unpaired) electrons. The van der Waals surface area contributed by atoms with Crippen LogP contribution in [0.15, 0.2) is 57.0 Å². The van der Waals surface area contributed by atoms with E-state index in [9.17, 15) is 19.5 Å². The van der Waals surface area contributed by atoms with Gasteiger partial charge in [0.1, 0.15) is 5.56 Å². The van der Waals surface area contributed by atoms with Crippen LogP contribution in [0.3, 0.4) is 0 Å². The Morgan fingerprint density at radius 1 is 1.10 bits per heavy atom. The lowest BCUT2D eigenvalue weighted by molar-refractivity contribution is 0.259. The summed E-state index contributed by atoms with van der Waals surface area (Å²) in [5.74, 6) is -0.598. The highest BCUT2D eigenvalue weighted by atomic mass is 16.3. The molecule has 0 aliphatic heterocycles. The molecule has 1 aromatic heterocycles. The Labute approximate surface area is 166 Å². The zero-order valence-corrected chi connectivity index (χ0v) is 16.2. The summed E-state index contributed by atoms with van der Waals surface area (Å²) < 4.78 is 0.976. The fourth-order valence-corrected chi connectivity index (χ4v) is 2.84. The number of nitrogens with zero attached hydrogens (tertiary/aromatic N) is 2. The largest absolute Gasteiger partial charge is 0.493 e. The van der Waals surface area contributed by atoms with Gasteiger partial charge < -0.3 is 10.4 Å². The van der Waals surface area contributed by atoms with Crippen LogP contribution in [-0.2, 0) is 0 Å². The van der Waals surface area contributed by atoms with Crippen LogP contribution in [-0.4, -0.2) is 26.9 Å². The maximum atomic E-state index is 12.3. The predicted octanol–water partition coefficient (Wildman–Crippen LogP) is 2.81. The van der Waals surface area contributed by atoms with Gasteiger partial charge in [-0.2, -0.15) is 0 Å². The number of hydrogen-bond acceptors (Lipinski definition) is 4. The van der Waals surface area contributed by atoms with Crippen LogP contribution in [0.4, 0.5) is 10.5 Å². The first kappa shape index (κ1) is 19.8. The van der Waals surface area contributed by atoms with Crippen molar-refractivity contribution < 1.29 is 9.90 Å². The number of hydrogen-bond donors (Lipinski definition) is 3. The molecule has 0 aliphatic carbocycles. The summed E-state index contributed by atoms with van der Waals surface area (Å²) in [5.41, 5.74) is 1.58. The van der Waals surface area contributed by atoms with E-state index in [4.69, 9.17) is 0 Å². The molecule has 0 aliphatic rings. The summed E-state index contributed by atoms with van der Waals surface area (Å²) in [7, 11) is 0. The fraction of sp³-hybridized carbons (Fsp3) is 0.143. The molecule has 0 spiro atoms. The number of aromatic amines is 1. The van der Waals surface area contributed by atoms with Crippen LogP contribution in [0, 0.1) is 20.8 Å². The Balaban J connectivity index is 1.99. The highest BCUT2D eigenvalue weighted by Crippen LogP contribution is 2.20. The molecule has 0 saturated carbocycles. The number of aromatic hydroxyl groups is 1. The number of benzene rings is 2. The van der Waals surface area contributed by atoms with Crippen molar-refractivity contribution in [2.45, 2.75) is 20.8 Å². The van der Waals surface area contributed by atoms with E-state index in [1.165, 1.54) is 0 Å². The van der Waals surface area contributed by atoms with E-state index in [0.717, 1.165) is 27.5 Å². The number of amides is 2. The summed E-state index contributed by atoms with van der Waals surface area (Å²) in [5, 5.41) is 13.1. The third-order valence-corrected chi connectivity index (χ3v) is 4.31. The SMILES string of the molecule is Cc1cccc(NC(=O)N=Cc2c(O)n(-c3cc(C)ccc3C)c(=O)[nH]c2=O)c1. The molecule has 0 atom stereocenters. The van der Waals surface area contributed by atoms with Crippen molar-refractivity contribution in [3.63, 3.8) is 0 Å². The second-order valence-corrected chi connectivity index (χ2v) is 6.68. The van der Waals surface area contributed by atoms with Crippen LogP contribution in [0.25, 0.3) is 5.69 Å². The van der Waals surface area contributed by atoms with Crippen molar-refractivity contribution in [2.24, 2.45) is 4.99 Å². The van der Waals surface area contributed by atoms with Crippen molar-refractivity contribution in [3.05, 3.63) is 85.6 Å². The Morgan fingerprint density at radius 2 is 1.83 bits per heavy atom. The van der Waals surface area contributed by atoms with Crippen molar-refractivity contribution in [1.82, 2.24) is 9.55 Å². The Kier molecular flexibility index (Phi) is 5.45. The molecule has 8 nitrogen and oxygen atoms in total. The number of carbonyl (C=O) groups is 1. The van der Waals surface area contributed by atoms with Gasteiger partial charge in [-0.3, -0.25) is 9.78 Å². The first-order chi connectivity index (χ1) is 13.8.